The van der Waals surface area contributed by atoms with Gasteiger partial charge in [-0.3, -0.25) is 4.79 Å². The molecule has 0 saturated carbocycles. The first kappa shape index (κ1) is 22.4. The number of esters is 1. The van der Waals surface area contributed by atoms with Crippen molar-refractivity contribution < 1.29 is 14.3 Å². The molecule has 1 fully saturated rings. The Kier molecular flexibility index (Phi) is 8.76. The number of piperidine rings is 1. The molecule has 0 N–H and O–H groups in total. The van der Waals surface area contributed by atoms with Gasteiger partial charge in [0, 0.05) is 12.5 Å². The Morgan fingerprint density at radius 2 is 1.80 bits per heavy atom. The van der Waals surface area contributed by atoms with Gasteiger partial charge in [0.2, 0.25) is 0 Å². The molecule has 2 aromatic rings. The summed E-state index contributed by atoms with van der Waals surface area (Å²) in [6, 6.07) is 16.3. The van der Waals surface area contributed by atoms with Gasteiger partial charge in [0.25, 0.3) is 0 Å². The van der Waals surface area contributed by atoms with Crippen molar-refractivity contribution in [3.63, 3.8) is 0 Å². The van der Waals surface area contributed by atoms with Gasteiger partial charge in [0.1, 0.15) is 5.75 Å². The van der Waals surface area contributed by atoms with Gasteiger partial charge in [-0.15, -0.1) is 0 Å². The number of hydrogen-bond acceptors (Lipinski definition) is 4. The third kappa shape index (κ3) is 6.88. The van der Waals surface area contributed by atoms with Gasteiger partial charge < -0.3 is 14.4 Å². The second-order valence-electron chi connectivity index (χ2n) is 8.29. The van der Waals surface area contributed by atoms with Gasteiger partial charge in [-0.2, -0.15) is 0 Å². The molecule has 30 heavy (non-hydrogen) atoms. The molecule has 1 aliphatic rings. The topological polar surface area (TPSA) is 38.8 Å². The molecule has 2 aromatic carbocycles. The lowest BCUT2D eigenvalue weighted by Gasteiger charge is -2.32. The normalized spacial score (nSPS) is 16.9. The van der Waals surface area contributed by atoms with Crippen molar-refractivity contribution in [2.75, 3.05) is 13.6 Å². The average Bonchev–Trinajstić information content (AvgIpc) is 2.76. The molecule has 0 aliphatic carbocycles. The van der Waals surface area contributed by atoms with Crippen LogP contribution in [0.15, 0.2) is 48.5 Å². The quantitative estimate of drug-likeness (QED) is 0.259. The summed E-state index contributed by atoms with van der Waals surface area (Å²) < 4.78 is 11.6. The highest BCUT2D eigenvalue weighted by atomic mass is 16.6. The summed E-state index contributed by atoms with van der Waals surface area (Å²) in [6.45, 7) is 3.34. The number of ether oxygens (including phenoxy) is 2. The fraction of sp³-hybridized carbons (Fsp3) is 0.500. The highest BCUT2D eigenvalue weighted by Crippen LogP contribution is 2.32. The molecule has 1 heterocycles. The largest absolute Gasteiger partial charge is 0.453 e. The maximum Gasteiger partial charge on any atom is 0.311 e. The van der Waals surface area contributed by atoms with Crippen LogP contribution in [0.25, 0.3) is 0 Å². The zero-order chi connectivity index (χ0) is 21.2. The second-order valence-corrected chi connectivity index (χ2v) is 8.29. The fourth-order valence-corrected chi connectivity index (χ4v) is 4.01. The molecule has 3 rings (SSSR count). The van der Waals surface area contributed by atoms with Crippen molar-refractivity contribution in [2.24, 2.45) is 0 Å². The average molecular weight is 410 g/mol. The van der Waals surface area contributed by atoms with E-state index >= 15 is 0 Å². The minimum atomic E-state index is -0.206. The molecule has 4 nitrogen and oxygen atoms in total. The van der Waals surface area contributed by atoms with E-state index in [1.807, 2.05) is 30.3 Å². The maximum absolute atomic E-state index is 12.1. The third-order valence-electron chi connectivity index (χ3n) is 5.90. The number of aryl methyl sites for hydroxylation is 1. The Bertz CT molecular complexity index is 787. The third-order valence-corrected chi connectivity index (χ3v) is 5.90. The Hall–Kier alpha value is -2.33. The smallest absolute Gasteiger partial charge is 0.311 e. The van der Waals surface area contributed by atoms with Crippen LogP contribution in [0.2, 0.25) is 0 Å². The highest BCUT2D eigenvalue weighted by Gasteiger charge is 2.18. The number of carbonyl (C=O) groups is 1. The fourth-order valence-electron chi connectivity index (χ4n) is 4.01. The molecule has 1 saturated heterocycles. The van der Waals surface area contributed by atoms with Crippen LogP contribution in [0.1, 0.15) is 63.9 Å². The van der Waals surface area contributed by atoms with E-state index in [1.54, 1.807) is 6.07 Å². The monoisotopic (exact) mass is 409 g/mol. The van der Waals surface area contributed by atoms with Crippen LogP contribution < -0.4 is 9.47 Å². The number of benzene rings is 2. The first-order valence-electron chi connectivity index (χ1n) is 11.4. The molecule has 0 aromatic heterocycles. The zero-order valence-corrected chi connectivity index (χ0v) is 18.4. The summed E-state index contributed by atoms with van der Waals surface area (Å²) in [5, 5.41) is 0. The lowest BCUT2D eigenvalue weighted by Crippen LogP contribution is -2.36. The predicted octanol–water partition coefficient (Wildman–Crippen LogP) is 6.38. The van der Waals surface area contributed by atoms with E-state index in [4.69, 9.17) is 9.47 Å². The Balaban J connectivity index is 1.54. The summed E-state index contributed by atoms with van der Waals surface area (Å²) >= 11 is 0. The number of nitrogens with zero attached hydrogens (tertiary/aromatic N) is 1. The SMILES string of the molecule is CCCCCC(=O)Oc1ccccc1Oc1ccc(CCC2CCCCN2C)cc1. The van der Waals surface area contributed by atoms with Crippen LogP contribution >= 0.6 is 0 Å². The van der Waals surface area contributed by atoms with Crippen molar-refractivity contribution in [1.82, 2.24) is 4.90 Å². The number of hydrogen-bond donors (Lipinski definition) is 0. The van der Waals surface area contributed by atoms with E-state index in [-0.39, 0.29) is 5.97 Å². The Morgan fingerprint density at radius 3 is 2.53 bits per heavy atom. The van der Waals surface area contributed by atoms with Crippen LogP contribution in [-0.2, 0) is 11.2 Å². The number of para-hydroxylation sites is 2. The molecule has 162 valence electrons. The van der Waals surface area contributed by atoms with Crippen molar-refractivity contribution in [1.29, 1.82) is 0 Å². The van der Waals surface area contributed by atoms with E-state index in [9.17, 15) is 4.79 Å². The molecule has 1 aliphatic heterocycles. The first-order chi connectivity index (χ1) is 14.7. The molecule has 1 atom stereocenters. The predicted molar refractivity (Wildman–Crippen MR) is 121 cm³/mol. The molecule has 1 unspecified atom stereocenters. The number of unbranched alkanes of at least 4 members (excludes halogenated alkanes) is 2. The van der Waals surface area contributed by atoms with Crippen molar-refractivity contribution in [3.8, 4) is 17.2 Å². The van der Waals surface area contributed by atoms with Crippen molar-refractivity contribution >= 4 is 5.97 Å². The van der Waals surface area contributed by atoms with E-state index < -0.39 is 0 Å². The van der Waals surface area contributed by atoms with E-state index in [0.29, 0.717) is 24.0 Å². The van der Waals surface area contributed by atoms with Crippen molar-refractivity contribution in [2.45, 2.75) is 70.8 Å². The maximum atomic E-state index is 12.1. The standard InChI is InChI=1S/C26H35NO3/c1-3-4-5-13-26(28)30-25-12-7-6-11-24(25)29-23-18-15-21(16-19-23)14-17-22-10-8-9-20-27(22)2/h6-7,11-12,15-16,18-19,22H,3-5,8-10,13-14,17,20H2,1-2H3. The van der Waals surface area contributed by atoms with Gasteiger partial charge in [0.15, 0.2) is 11.5 Å². The van der Waals surface area contributed by atoms with Crippen LogP contribution in [-0.4, -0.2) is 30.5 Å². The van der Waals surface area contributed by atoms with Gasteiger partial charge in [0.05, 0.1) is 0 Å². The van der Waals surface area contributed by atoms with Gasteiger partial charge in [-0.05, 0) is 75.5 Å². The summed E-state index contributed by atoms with van der Waals surface area (Å²) in [4.78, 5) is 14.6. The lowest BCUT2D eigenvalue weighted by atomic mass is 9.96. The van der Waals surface area contributed by atoms with E-state index in [0.717, 1.165) is 31.4 Å². The van der Waals surface area contributed by atoms with Gasteiger partial charge in [-0.1, -0.05) is 50.5 Å². The lowest BCUT2D eigenvalue weighted by molar-refractivity contribution is -0.134. The Labute approximate surface area is 181 Å². The van der Waals surface area contributed by atoms with Crippen LogP contribution in [0.3, 0.4) is 0 Å². The molecular formula is C26H35NO3. The van der Waals surface area contributed by atoms with Crippen LogP contribution in [0.5, 0.6) is 17.2 Å². The van der Waals surface area contributed by atoms with E-state index in [2.05, 4.69) is 31.0 Å². The Morgan fingerprint density at radius 1 is 1.03 bits per heavy atom. The molecule has 0 amide bonds. The molecule has 4 heteroatoms. The summed E-state index contributed by atoms with van der Waals surface area (Å²) in [7, 11) is 2.24. The zero-order valence-electron chi connectivity index (χ0n) is 18.4. The minimum absolute atomic E-state index is 0.206. The summed E-state index contributed by atoms with van der Waals surface area (Å²) in [5.41, 5.74) is 1.33. The van der Waals surface area contributed by atoms with E-state index in [1.165, 1.54) is 37.8 Å². The number of carbonyl (C=O) groups excluding carboxylic acids is 1. The highest BCUT2D eigenvalue weighted by molar-refractivity contribution is 5.73. The van der Waals surface area contributed by atoms with Gasteiger partial charge >= 0.3 is 5.97 Å². The second kappa shape index (κ2) is 11.8. The number of rotatable bonds is 10. The molecular weight excluding hydrogens is 374 g/mol. The van der Waals surface area contributed by atoms with Crippen LogP contribution in [0, 0.1) is 0 Å². The summed E-state index contributed by atoms with van der Waals surface area (Å²) in [6.07, 6.45) is 9.69. The molecule has 0 bridgehead atoms. The first-order valence-corrected chi connectivity index (χ1v) is 11.4. The van der Waals surface area contributed by atoms with Gasteiger partial charge in [-0.25, -0.2) is 0 Å². The molecule has 0 radical (unpaired) electrons. The number of likely N-dealkylation sites (tertiary alicyclic amines) is 1. The van der Waals surface area contributed by atoms with Crippen molar-refractivity contribution in [3.05, 3.63) is 54.1 Å². The summed E-state index contributed by atoms with van der Waals surface area (Å²) in [5.74, 6) is 1.59. The minimum Gasteiger partial charge on any atom is -0.453 e. The molecule has 0 spiro atoms. The van der Waals surface area contributed by atoms with Crippen LogP contribution in [0.4, 0.5) is 0 Å².